The molecule has 2 atom stereocenters. The summed E-state index contributed by atoms with van der Waals surface area (Å²) in [6.45, 7) is 0.320. The van der Waals surface area contributed by atoms with Crippen LogP contribution in [0, 0.1) is 17.5 Å². The van der Waals surface area contributed by atoms with Crippen LogP contribution in [0.5, 0.6) is 5.75 Å². The number of aryl methyl sites for hydroxylation is 1. The zero-order valence-electron chi connectivity index (χ0n) is 18.9. The molecule has 0 radical (unpaired) electrons. The van der Waals surface area contributed by atoms with Crippen molar-refractivity contribution in [1.82, 2.24) is 9.62 Å². The number of sulfonamides is 1. The Labute approximate surface area is 201 Å². The van der Waals surface area contributed by atoms with E-state index in [1.54, 1.807) is 0 Å². The minimum atomic E-state index is -3.43. The van der Waals surface area contributed by atoms with Gasteiger partial charge in [0.15, 0.2) is 17.4 Å². The van der Waals surface area contributed by atoms with Gasteiger partial charge < -0.3 is 15.2 Å². The first-order valence-electron chi connectivity index (χ1n) is 11.1. The molecule has 4 rings (SSSR count). The highest BCUT2D eigenvalue weighted by molar-refractivity contribution is 7.88. The van der Waals surface area contributed by atoms with Crippen molar-refractivity contribution in [1.29, 1.82) is 0 Å². The summed E-state index contributed by atoms with van der Waals surface area (Å²) in [5.74, 6) is -5.34. The first-order valence-corrected chi connectivity index (χ1v) is 12.9. The molecule has 1 fully saturated rings. The molecular formula is C24H25F3N2O5S. The molecule has 2 N–H and O–H groups in total. The Morgan fingerprint density at radius 1 is 1.11 bits per heavy atom. The lowest BCUT2D eigenvalue weighted by atomic mass is 9.84. The summed E-state index contributed by atoms with van der Waals surface area (Å²) < 4.78 is 70.9. The molecule has 0 spiro atoms. The smallest absolute Gasteiger partial charge is 0.333 e. The van der Waals surface area contributed by atoms with Crippen molar-refractivity contribution in [2.24, 2.45) is 0 Å². The predicted octanol–water partition coefficient (Wildman–Crippen LogP) is 2.96. The molecule has 2 heterocycles. The van der Waals surface area contributed by atoms with E-state index in [2.05, 4.69) is 5.32 Å². The Morgan fingerprint density at radius 2 is 1.80 bits per heavy atom. The van der Waals surface area contributed by atoms with Gasteiger partial charge >= 0.3 is 5.97 Å². The number of piperazine rings is 1. The number of aliphatic carboxylic acids is 1. The Balaban J connectivity index is 1.43. The van der Waals surface area contributed by atoms with Crippen LogP contribution in [0.4, 0.5) is 13.2 Å². The van der Waals surface area contributed by atoms with Gasteiger partial charge in [0.25, 0.3) is 0 Å². The maximum Gasteiger partial charge on any atom is 0.333 e. The van der Waals surface area contributed by atoms with E-state index in [0.717, 1.165) is 23.4 Å². The van der Waals surface area contributed by atoms with E-state index >= 15 is 0 Å². The summed E-state index contributed by atoms with van der Waals surface area (Å²) in [4.78, 5) is 12.1. The number of nitrogens with zero attached hydrogens (tertiary/aromatic N) is 1. The van der Waals surface area contributed by atoms with Crippen LogP contribution in [0.25, 0.3) is 5.57 Å². The number of benzene rings is 2. The third-order valence-corrected chi connectivity index (χ3v) is 7.47. The number of fused-ring (bicyclic) bond motifs is 2. The van der Waals surface area contributed by atoms with E-state index in [0.29, 0.717) is 30.9 Å². The Kier molecular flexibility index (Phi) is 7.20. The highest BCUT2D eigenvalue weighted by Crippen LogP contribution is 2.34. The van der Waals surface area contributed by atoms with Gasteiger partial charge in [-0.3, -0.25) is 0 Å². The third kappa shape index (κ3) is 5.52. The molecule has 0 amide bonds. The largest absolute Gasteiger partial charge is 0.488 e. The van der Waals surface area contributed by atoms with Gasteiger partial charge in [-0.2, -0.15) is 8.70 Å². The lowest BCUT2D eigenvalue weighted by Gasteiger charge is -2.42. The molecule has 2 aromatic carbocycles. The van der Waals surface area contributed by atoms with Crippen LogP contribution in [0.15, 0.2) is 42.0 Å². The maximum absolute atomic E-state index is 13.7. The number of nitrogens with one attached hydrogen (secondary N) is 1. The standard InChI is InChI=1S/C24H25F3N2O5S/c1-35(32,33)29-12-16-11-17(21(24(30)31)20(13-29)28-16)15-6-4-14(5-7-15)3-2-10-34-23-19(26)9-8-18(25)22(23)27/h4-9,16,20,28H,2-3,10-13H2,1H3,(H,30,31)/t16?,20-/m1/s1. The van der Waals surface area contributed by atoms with E-state index in [1.807, 2.05) is 24.3 Å². The van der Waals surface area contributed by atoms with Crippen LogP contribution >= 0.6 is 0 Å². The number of hydrogen-bond acceptors (Lipinski definition) is 5. The van der Waals surface area contributed by atoms with Gasteiger partial charge in [-0.05, 0) is 48.1 Å². The molecule has 0 saturated carbocycles. The second-order valence-electron chi connectivity index (χ2n) is 8.72. The Morgan fingerprint density at radius 3 is 2.46 bits per heavy atom. The second-order valence-corrected chi connectivity index (χ2v) is 10.7. The van der Waals surface area contributed by atoms with E-state index in [9.17, 15) is 31.5 Å². The summed E-state index contributed by atoms with van der Waals surface area (Å²) >= 11 is 0. The van der Waals surface area contributed by atoms with Gasteiger partial charge in [-0.1, -0.05) is 24.3 Å². The van der Waals surface area contributed by atoms with Crippen molar-refractivity contribution in [3.8, 4) is 5.75 Å². The molecule has 2 aliphatic rings. The molecule has 7 nitrogen and oxygen atoms in total. The van der Waals surface area contributed by atoms with E-state index in [-0.39, 0.29) is 31.3 Å². The van der Waals surface area contributed by atoms with Crippen LogP contribution in [0.2, 0.25) is 0 Å². The third-order valence-electron chi connectivity index (χ3n) is 6.23. The number of hydrogen-bond donors (Lipinski definition) is 2. The van der Waals surface area contributed by atoms with Gasteiger partial charge in [-0.15, -0.1) is 0 Å². The highest BCUT2D eigenvalue weighted by atomic mass is 32.2. The fourth-order valence-electron chi connectivity index (χ4n) is 4.56. The van der Waals surface area contributed by atoms with E-state index in [1.165, 1.54) is 4.31 Å². The molecule has 2 bridgehead atoms. The Bertz CT molecular complexity index is 1260. The summed E-state index contributed by atoms with van der Waals surface area (Å²) in [7, 11) is -3.43. The van der Waals surface area contributed by atoms with Crippen molar-refractivity contribution >= 4 is 21.6 Å². The molecule has 35 heavy (non-hydrogen) atoms. The van der Waals surface area contributed by atoms with Crippen molar-refractivity contribution in [3.63, 3.8) is 0 Å². The fraction of sp³-hybridized carbons (Fsp3) is 0.375. The van der Waals surface area contributed by atoms with Gasteiger partial charge in [0.1, 0.15) is 0 Å². The normalized spacial score (nSPS) is 20.7. The highest BCUT2D eigenvalue weighted by Gasteiger charge is 2.40. The molecule has 1 saturated heterocycles. The molecule has 1 unspecified atom stereocenters. The summed E-state index contributed by atoms with van der Waals surface area (Å²) in [5, 5.41) is 13.1. The zero-order chi connectivity index (χ0) is 25.3. The van der Waals surface area contributed by atoms with Crippen molar-refractivity contribution < 1.29 is 36.2 Å². The summed E-state index contributed by atoms with van der Waals surface area (Å²) in [6.07, 6.45) is 2.45. The molecule has 11 heteroatoms. The zero-order valence-corrected chi connectivity index (χ0v) is 19.7. The number of carbonyl (C=O) groups is 1. The summed E-state index contributed by atoms with van der Waals surface area (Å²) in [6, 6.07) is 8.01. The molecule has 2 aliphatic heterocycles. The van der Waals surface area contributed by atoms with Crippen LogP contribution in [0.1, 0.15) is 24.0 Å². The maximum atomic E-state index is 13.7. The number of rotatable bonds is 8. The van der Waals surface area contributed by atoms with Crippen LogP contribution < -0.4 is 10.1 Å². The van der Waals surface area contributed by atoms with Crippen LogP contribution in [-0.2, 0) is 21.2 Å². The average molecular weight is 511 g/mol. The Hall–Kier alpha value is -2.89. The molecule has 0 aliphatic carbocycles. The number of carboxylic acids is 1. The second kappa shape index (κ2) is 10.00. The van der Waals surface area contributed by atoms with Crippen molar-refractivity contribution in [2.75, 3.05) is 26.0 Å². The minimum absolute atomic E-state index is 0.0147. The quantitative estimate of drug-likeness (QED) is 0.419. The average Bonchev–Trinajstić information content (AvgIpc) is 2.80. The van der Waals surface area contributed by atoms with Gasteiger partial charge in [0.2, 0.25) is 15.8 Å². The van der Waals surface area contributed by atoms with Crippen molar-refractivity contribution in [2.45, 2.75) is 31.3 Å². The first kappa shape index (κ1) is 25.2. The number of halogens is 3. The molecule has 2 aromatic rings. The monoisotopic (exact) mass is 510 g/mol. The fourth-order valence-corrected chi connectivity index (χ4v) is 5.44. The van der Waals surface area contributed by atoms with Crippen LogP contribution in [-0.4, -0.2) is 61.8 Å². The minimum Gasteiger partial charge on any atom is -0.488 e. The van der Waals surface area contributed by atoms with Gasteiger partial charge in [-0.25, -0.2) is 22.0 Å². The lowest BCUT2D eigenvalue weighted by molar-refractivity contribution is -0.133. The molecule has 188 valence electrons. The van der Waals surface area contributed by atoms with Gasteiger partial charge in [0.05, 0.1) is 24.5 Å². The van der Waals surface area contributed by atoms with Crippen molar-refractivity contribution in [3.05, 3.63) is 70.5 Å². The SMILES string of the molecule is CS(=O)(=O)N1CC2CC(c3ccc(CCCOc4c(F)ccc(F)c4F)cc3)=C(C(=O)O)[C@@H](C1)N2. The topological polar surface area (TPSA) is 95.9 Å². The summed E-state index contributed by atoms with van der Waals surface area (Å²) in [5.41, 5.74) is 2.49. The molecular weight excluding hydrogens is 485 g/mol. The van der Waals surface area contributed by atoms with E-state index in [4.69, 9.17) is 4.74 Å². The van der Waals surface area contributed by atoms with E-state index < -0.39 is 45.2 Å². The lowest BCUT2D eigenvalue weighted by Crippen LogP contribution is -2.61. The number of ether oxygens (including phenoxy) is 1. The van der Waals surface area contributed by atoms with Gasteiger partial charge in [0, 0.05) is 19.1 Å². The number of carboxylic acid groups (broad SMARTS) is 1. The first-order chi connectivity index (χ1) is 16.5. The predicted molar refractivity (Wildman–Crippen MR) is 123 cm³/mol. The van der Waals surface area contributed by atoms with Crippen LogP contribution in [0.3, 0.4) is 0 Å². The molecule has 0 aromatic heterocycles.